The molecule has 1 heterocycles. The van der Waals surface area contributed by atoms with Crippen molar-refractivity contribution >= 4 is 17.8 Å². The Kier molecular flexibility index (Phi) is 10.1. The molecule has 3 aromatic rings. The van der Waals surface area contributed by atoms with Gasteiger partial charge in [0.05, 0.1) is 0 Å². The quantitative estimate of drug-likeness (QED) is 0.357. The Morgan fingerprint density at radius 1 is 0.846 bits per heavy atom. The second-order valence-electron chi connectivity index (χ2n) is 10.1. The fourth-order valence-electron chi connectivity index (χ4n) is 4.85. The number of ether oxygens (including phenoxy) is 1. The van der Waals surface area contributed by atoms with Crippen molar-refractivity contribution in [1.82, 2.24) is 10.2 Å². The third-order valence-electron chi connectivity index (χ3n) is 7.16. The van der Waals surface area contributed by atoms with Gasteiger partial charge in [0.1, 0.15) is 18.4 Å². The molecule has 1 aliphatic heterocycles. The second kappa shape index (κ2) is 14.1. The number of nitrogens with zero attached hydrogens (tertiary/aromatic N) is 1. The van der Waals surface area contributed by atoms with E-state index in [1.807, 2.05) is 89.8 Å². The minimum atomic E-state index is -1.06. The summed E-state index contributed by atoms with van der Waals surface area (Å²) in [5.41, 5.74) is 3.02. The SMILES string of the molecule is O=C(CC1CCN(C(=O)CCc2ccccc2)CC1)N[C@H](Cc1ccc(OCc2ccccc2)cc1)C(=O)O. The highest BCUT2D eigenvalue weighted by molar-refractivity contribution is 5.84. The highest BCUT2D eigenvalue weighted by Crippen LogP contribution is 2.22. The van der Waals surface area contributed by atoms with Crippen molar-refractivity contribution < 1.29 is 24.2 Å². The molecule has 39 heavy (non-hydrogen) atoms. The Bertz CT molecular complexity index is 1210. The van der Waals surface area contributed by atoms with Crippen molar-refractivity contribution in [3.63, 3.8) is 0 Å². The average molecular weight is 529 g/mol. The Morgan fingerprint density at radius 2 is 1.46 bits per heavy atom. The number of likely N-dealkylation sites (tertiary alicyclic amines) is 1. The van der Waals surface area contributed by atoms with E-state index in [2.05, 4.69) is 5.32 Å². The first-order chi connectivity index (χ1) is 19.0. The summed E-state index contributed by atoms with van der Waals surface area (Å²) in [5.74, 6) is -0.350. The Labute approximate surface area is 229 Å². The van der Waals surface area contributed by atoms with Gasteiger partial charge in [-0.15, -0.1) is 0 Å². The first-order valence-electron chi connectivity index (χ1n) is 13.6. The molecule has 0 bridgehead atoms. The standard InChI is InChI=1S/C32H36N2O5/c35-30(22-26-17-19-34(20-18-26)31(36)16-13-24-7-3-1-4-8-24)33-29(32(37)38)21-25-11-14-28(15-12-25)39-23-27-9-5-2-6-10-27/h1-12,14-15,26,29H,13,16-23H2,(H,33,35)(H,37,38)/t29-/m1/s1. The van der Waals surface area contributed by atoms with E-state index in [9.17, 15) is 19.5 Å². The number of amides is 2. The van der Waals surface area contributed by atoms with Gasteiger partial charge < -0.3 is 20.1 Å². The zero-order chi connectivity index (χ0) is 27.5. The molecule has 0 radical (unpaired) electrons. The number of nitrogens with one attached hydrogen (secondary N) is 1. The Morgan fingerprint density at radius 3 is 2.08 bits per heavy atom. The molecular formula is C32H36N2O5. The molecule has 0 spiro atoms. The largest absolute Gasteiger partial charge is 0.489 e. The number of carboxylic acid groups (broad SMARTS) is 1. The van der Waals surface area contributed by atoms with Crippen LogP contribution in [0.25, 0.3) is 0 Å². The molecule has 204 valence electrons. The van der Waals surface area contributed by atoms with Gasteiger partial charge in [-0.05, 0) is 54.0 Å². The number of piperidine rings is 1. The van der Waals surface area contributed by atoms with Gasteiger partial charge in [0, 0.05) is 32.4 Å². The summed E-state index contributed by atoms with van der Waals surface area (Å²) < 4.78 is 5.79. The van der Waals surface area contributed by atoms with Crippen LogP contribution in [0.1, 0.15) is 42.4 Å². The van der Waals surface area contributed by atoms with Crippen molar-refractivity contribution in [2.45, 2.75) is 51.2 Å². The van der Waals surface area contributed by atoms with E-state index in [4.69, 9.17) is 4.74 Å². The minimum Gasteiger partial charge on any atom is -0.489 e. The van der Waals surface area contributed by atoms with Crippen molar-refractivity contribution in [1.29, 1.82) is 0 Å². The summed E-state index contributed by atoms with van der Waals surface area (Å²) in [4.78, 5) is 39.0. The molecule has 7 heteroatoms. The lowest BCUT2D eigenvalue weighted by atomic mass is 9.92. The minimum absolute atomic E-state index is 0.138. The molecule has 7 nitrogen and oxygen atoms in total. The van der Waals surface area contributed by atoms with Crippen LogP contribution >= 0.6 is 0 Å². The summed E-state index contributed by atoms with van der Waals surface area (Å²) in [6.45, 7) is 1.72. The molecule has 2 amide bonds. The van der Waals surface area contributed by atoms with Crippen LogP contribution in [0.5, 0.6) is 5.75 Å². The molecule has 4 rings (SSSR count). The van der Waals surface area contributed by atoms with Gasteiger partial charge >= 0.3 is 5.97 Å². The van der Waals surface area contributed by atoms with Crippen molar-refractivity contribution in [2.24, 2.45) is 5.92 Å². The lowest BCUT2D eigenvalue weighted by Gasteiger charge is -2.32. The van der Waals surface area contributed by atoms with E-state index in [1.165, 1.54) is 0 Å². The van der Waals surface area contributed by atoms with Crippen LogP contribution < -0.4 is 10.1 Å². The molecule has 1 atom stereocenters. The molecule has 0 aliphatic carbocycles. The van der Waals surface area contributed by atoms with Crippen LogP contribution in [0.4, 0.5) is 0 Å². The van der Waals surface area contributed by atoms with E-state index in [0.717, 1.165) is 36.0 Å². The number of aryl methyl sites for hydroxylation is 1. The number of carbonyl (C=O) groups is 3. The lowest BCUT2D eigenvalue weighted by Crippen LogP contribution is -2.44. The van der Waals surface area contributed by atoms with Gasteiger partial charge in [0.2, 0.25) is 11.8 Å². The molecule has 1 fully saturated rings. The average Bonchev–Trinajstić information content (AvgIpc) is 2.96. The van der Waals surface area contributed by atoms with E-state index in [-0.39, 0.29) is 30.6 Å². The number of benzene rings is 3. The first-order valence-corrected chi connectivity index (χ1v) is 13.6. The van der Waals surface area contributed by atoms with Crippen LogP contribution in [0.15, 0.2) is 84.9 Å². The molecule has 3 aromatic carbocycles. The van der Waals surface area contributed by atoms with Gasteiger partial charge in [-0.1, -0.05) is 72.8 Å². The number of carboxylic acids is 1. The molecule has 2 N–H and O–H groups in total. The second-order valence-corrected chi connectivity index (χ2v) is 10.1. The third kappa shape index (κ3) is 8.99. The van der Waals surface area contributed by atoms with Crippen LogP contribution in [-0.2, 0) is 33.8 Å². The van der Waals surface area contributed by atoms with E-state index >= 15 is 0 Å². The highest BCUT2D eigenvalue weighted by Gasteiger charge is 2.26. The van der Waals surface area contributed by atoms with E-state index in [0.29, 0.717) is 31.9 Å². The third-order valence-corrected chi connectivity index (χ3v) is 7.16. The number of hydrogen-bond acceptors (Lipinski definition) is 4. The lowest BCUT2D eigenvalue weighted by molar-refractivity contribution is -0.142. The van der Waals surface area contributed by atoms with Gasteiger partial charge in [0.25, 0.3) is 0 Å². The van der Waals surface area contributed by atoms with Gasteiger partial charge in [-0.3, -0.25) is 9.59 Å². The molecule has 0 saturated carbocycles. The van der Waals surface area contributed by atoms with Gasteiger partial charge in [-0.25, -0.2) is 4.79 Å². The molecule has 0 aromatic heterocycles. The normalized spacial score (nSPS) is 14.4. The highest BCUT2D eigenvalue weighted by atomic mass is 16.5. The predicted molar refractivity (Wildman–Crippen MR) is 149 cm³/mol. The first kappa shape index (κ1) is 27.9. The summed E-state index contributed by atoms with van der Waals surface area (Å²) in [6.07, 6.45) is 3.15. The number of rotatable bonds is 12. The monoisotopic (exact) mass is 528 g/mol. The smallest absolute Gasteiger partial charge is 0.326 e. The van der Waals surface area contributed by atoms with Crippen LogP contribution in [0.3, 0.4) is 0 Å². The predicted octanol–water partition coefficient (Wildman–Crippen LogP) is 4.64. The van der Waals surface area contributed by atoms with Crippen molar-refractivity contribution in [3.05, 3.63) is 102 Å². The van der Waals surface area contributed by atoms with Crippen LogP contribution in [0.2, 0.25) is 0 Å². The Balaban J connectivity index is 1.18. The maximum Gasteiger partial charge on any atom is 0.326 e. The fraction of sp³-hybridized carbons (Fsp3) is 0.344. The summed E-state index contributed by atoms with van der Waals surface area (Å²) in [6, 6.07) is 26.1. The molecule has 1 saturated heterocycles. The number of hydrogen-bond donors (Lipinski definition) is 2. The number of aliphatic carboxylic acids is 1. The van der Waals surface area contributed by atoms with Crippen molar-refractivity contribution in [2.75, 3.05) is 13.1 Å². The van der Waals surface area contributed by atoms with Crippen molar-refractivity contribution in [3.8, 4) is 5.75 Å². The topological polar surface area (TPSA) is 95.9 Å². The zero-order valence-corrected chi connectivity index (χ0v) is 22.1. The molecular weight excluding hydrogens is 492 g/mol. The van der Waals surface area contributed by atoms with E-state index in [1.54, 1.807) is 0 Å². The molecule has 1 aliphatic rings. The summed E-state index contributed by atoms with van der Waals surface area (Å²) in [7, 11) is 0. The molecule has 0 unspecified atom stereocenters. The summed E-state index contributed by atoms with van der Waals surface area (Å²) in [5, 5.41) is 12.4. The van der Waals surface area contributed by atoms with Gasteiger partial charge in [-0.2, -0.15) is 0 Å². The van der Waals surface area contributed by atoms with Crippen LogP contribution in [0, 0.1) is 5.92 Å². The Hall–Kier alpha value is -4.13. The maximum absolute atomic E-state index is 12.7. The van der Waals surface area contributed by atoms with E-state index < -0.39 is 12.0 Å². The summed E-state index contributed by atoms with van der Waals surface area (Å²) >= 11 is 0. The van der Waals surface area contributed by atoms with Crippen LogP contribution in [-0.4, -0.2) is 46.9 Å². The van der Waals surface area contributed by atoms with Gasteiger partial charge in [0.15, 0.2) is 0 Å². The number of carbonyl (C=O) groups excluding carboxylic acids is 2. The zero-order valence-electron chi connectivity index (χ0n) is 22.1. The fourth-order valence-corrected chi connectivity index (χ4v) is 4.85. The maximum atomic E-state index is 12.7.